The molecule has 3 aromatic rings. The summed E-state index contributed by atoms with van der Waals surface area (Å²) in [6.45, 7) is 0.581. The molecule has 27 heavy (non-hydrogen) atoms. The second kappa shape index (κ2) is 8.60. The molecule has 140 valence electrons. The van der Waals surface area contributed by atoms with Crippen LogP contribution in [0.1, 0.15) is 11.1 Å². The molecule has 0 amide bonds. The van der Waals surface area contributed by atoms with Crippen LogP contribution in [0.5, 0.6) is 5.75 Å². The molecular formula is C20H22ClN5O. The van der Waals surface area contributed by atoms with Crippen LogP contribution in [-0.4, -0.2) is 42.9 Å². The Morgan fingerprint density at radius 1 is 1.26 bits per heavy atom. The lowest BCUT2D eigenvalue weighted by atomic mass is 10.1. The van der Waals surface area contributed by atoms with Crippen molar-refractivity contribution < 1.29 is 4.74 Å². The standard InChI is InChI=1S/C20H22ClN5O/c1-26(20(22)23-10-9-14-3-5-16(21)6-4-14)25-13-15-12-24-19-8-7-17(27-2)11-18(15)19/h3-8,11-13,24H,9-10H2,1-2H3,(H2,22,23)/b25-13+. The van der Waals surface area contributed by atoms with Gasteiger partial charge in [-0.3, -0.25) is 4.99 Å². The van der Waals surface area contributed by atoms with Gasteiger partial charge in [0.05, 0.1) is 13.3 Å². The normalized spacial score (nSPS) is 12.0. The van der Waals surface area contributed by atoms with E-state index in [-0.39, 0.29) is 0 Å². The van der Waals surface area contributed by atoms with Gasteiger partial charge in [-0.2, -0.15) is 5.10 Å². The molecule has 6 nitrogen and oxygen atoms in total. The van der Waals surface area contributed by atoms with Gasteiger partial charge in [-0.1, -0.05) is 23.7 Å². The third-order valence-corrected chi connectivity index (χ3v) is 4.46. The van der Waals surface area contributed by atoms with Crippen molar-refractivity contribution in [1.82, 2.24) is 9.99 Å². The van der Waals surface area contributed by atoms with Gasteiger partial charge in [0.2, 0.25) is 5.96 Å². The van der Waals surface area contributed by atoms with E-state index in [4.69, 9.17) is 22.1 Å². The molecule has 2 aromatic carbocycles. The number of nitrogens with zero attached hydrogens (tertiary/aromatic N) is 3. The summed E-state index contributed by atoms with van der Waals surface area (Å²) in [7, 11) is 3.42. The number of methoxy groups -OCH3 is 1. The van der Waals surface area contributed by atoms with Crippen LogP contribution in [0.2, 0.25) is 5.02 Å². The Bertz CT molecular complexity index is 962. The lowest BCUT2D eigenvalue weighted by molar-refractivity contribution is 0.415. The number of aromatic amines is 1. The number of aliphatic imine (C=N–C) groups is 1. The summed E-state index contributed by atoms with van der Waals surface area (Å²) in [5, 5.41) is 7.70. The number of hydrazone groups is 1. The van der Waals surface area contributed by atoms with Crippen LogP contribution in [0.3, 0.4) is 0 Å². The molecule has 0 aliphatic rings. The Morgan fingerprint density at radius 2 is 2.04 bits per heavy atom. The SMILES string of the molecule is COc1ccc2[nH]cc(/C=N/N(C)C(N)=NCCc3ccc(Cl)cc3)c2c1. The summed E-state index contributed by atoms with van der Waals surface area (Å²) in [5.41, 5.74) is 9.15. The minimum Gasteiger partial charge on any atom is -0.497 e. The van der Waals surface area contributed by atoms with Gasteiger partial charge >= 0.3 is 0 Å². The maximum absolute atomic E-state index is 6.02. The third-order valence-electron chi connectivity index (χ3n) is 4.21. The van der Waals surface area contributed by atoms with Crippen LogP contribution in [0.4, 0.5) is 0 Å². The number of fused-ring (bicyclic) bond motifs is 1. The smallest absolute Gasteiger partial charge is 0.211 e. The Morgan fingerprint density at radius 3 is 2.78 bits per heavy atom. The van der Waals surface area contributed by atoms with Crippen molar-refractivity contribution in [3.8, 4) is 5.75 Å². The van der Waals surface area contributed by atoms with E-state index in [2.05, 4.69) is 15.1 Å². The van der Waals surface area contributed by atoms with Crippen molar-refractivity contribution in [2.75, 3.05) is 20.7 Å². The molecular weight excluding hydrogens is 362 g/mol. The van der Waals surface area contributed by atoms with E-state index in [1.807, 2.05) is 48.7 Å². The van der Waals surface area contributed by atoms with Gasteiger partial charge in [0, 0.05) is 41.3 Å². The highest BCUT2D eigenvalue weighted by molar-refractivity contribution is 6.30. The van der Waals surface area contributed by atoms with Crippen LogP contribution < -0.4 is 10.5 Å². The predicted molar refractivity (Wildman–Crippen MR) is 112 cm³/mol. The van der Waals surface area contributed by atoms with Gasteiger partial charge in [0.15, 0.2) is 0 Å². The molecule has 0 atom stereocenters. The van der Waals surface area contributed by atoms with Crippen LogP contribution in [0, 0.1) is 0 Å². The van der Waals surface area contributed by atoms with Gasteiger partial charge in [0.1, 0.15) is 5.75 Å². The number of ether oxygens (including phenoxy) is 1. The first-order valence-electron chi connectivity index (χ1n) is 8.54. The third kappa shape index (κ3) is 4.80. The molecule has 1 aromatic heterocycles. The monoisotopic (exact) mass is 383 g/mol. The van der Waals surface area contributed by atoms with Gasteiger partial charge in [-0.25, -0.2) is 5.01 Å². The van der Waals surface area contributed by atoms with Crippen LogP contribution in [-0.2, 0) is 6.42 Å². The van der Waals surface area contributed by atoms with Gasteiger partial charge < -0.3 is 15.5 Å². The van der Waals surface area contributed by atoms with Crippen LogP contribution in [0.25, 0.3) is 10.9 Å². The van der Waals surface area contributed by atoms with Crippen molar-refractivity contribution in [3.63, 3.8) is 0 Å². The molecule has 0 aliphatic heterocycles. The van der Waals surface area contributed by atoms with E-state index in [0.29, 0.717) is 12.5 Å². The fourth-order valence-electron chi connectivity index (χ4n) is 2.62. The molecule has 0 bridgehead atoms. The van der Waals surface area contributed by atoms with Crippen molar-refractivity contribution in [2.45, 2.75) is 6.42 Å². The van der Waals surface area contributed by atoms with E-state index >= 15 is 0 Å². The average molecular weight is 384 g/mol. The average Bonchev–Trinajstić information content (AvgIpc) is 3.09. The highest BCUT2D eigenvalue weighted by Crippen LogP contribution is 2.22. The number of hydrogen-bond donors (Lipinski definition) is 2. The number of H-pyrrole nitrogens is 1. The minimum atomic E-state index is 0.359. The molecule has 0 radical (unpaired) electrons. The zero-order chi connectivity index (χ0) is 19.2. The zero-order valence-electron chi connectivity index (χ0n) is 15.3. The largest absolute Gasteiger partial charge is 0.497 e. The van der Waals surface area contributed by atoms with Gasteiger partial charge in [0.25, 0.3) is 0 Å². The summed E-state index contributed by atoms with van der Waals surface area (Å²) in [5.74, 6) is 1.16. The van der Waals surface area contributed by atoms with E-state index in [1.54, 1.807) is 25.4 Å². The van der Waals surface area contributed by atoms with E-state index in [9.17, 15) is 0 Å². The Kier molecular flexibility index (Phi) is 5.98. The second-order valence-electron chi connectivity index (χ2n) is 6.04. The fourth-order valence-corrected chi connectivity index (χ4v) is 2.74. The Hall–Kier alpha value is -2.99. The Balaban J connectivity index is 1.63. The lowest BCUT2D eigenvalue weighted by Gasteiger charge is -2.11. The van der Waals surface area contributed by atoms with Gasteiger partial charge in [-0.05, 0) is 42.3 Å². The first-order chi connectivity index (χ1) is 13.1. The molecule has 0 unspecified atom stereocenters. The number of halogens is 1. The summed E-state index contributed by atoms with van der Waals surface area (Å²) < 4.78 is 5.28. The highest BCUT2D eigenvalue weighted by Gasteiger charge is 2.04. The highest BCUT2D eigenvalue weighted by atomic mass is 35.5. The number of guanidine groups is 1. The maximum atomic E-state index is 6.02. The summed E-state index contributed by atoms with van der Waals surface area (Å²) in [4.78, 5) is 7.59. The van der Waals surface area contributed by atoms with E-state index < -0.39 is 0 Å². The van der Waals surface area contributed by atoms with Crippen molar-refractivity contribution >= 4 is 34.7 Å². The van der Waals surface area contributed by atoms with Crippen molar-refractivity contribution in [3.05, 3.63) is 64.8 Å². The summed E-state index contributed by atoms with van der Waals surface area (Å²) in [6.07, 6.45) is 4.44. The molecule has 0 spiro atoms. The molecule has 3 rings (SSSR count). The molecule has 3 N–H and O–H groups in total. The quantitative estimate of drug-likeness (QED) is 0.387. The van der Waals surface area contributed by atoms with E-state index in [1.165, 1.54) is 0 Å². The molecule has 0 aliphatic carbocycles. The number of aromatic nitrogens is 1. The molecule has 0 saturated heterocycles. The Labute approximate surface area is 163 Å². The zero-order valence-corrected chi connectivity index (χ0v) is 16.1. The summed E-state index contributed by atoms with van der Waals surface area (Å²) in [6, 6.07) is 13.6. The topological polar surface area (TPSA) is 79.0 Å². The fraction of sp³-hybridized carbons (Fsp3) is 0.200. The number of rotatable bonds is 6. The summed E-state index contributed by atoms with van der Waals surface area (Å²) >= 11 is 5.89. The second-order valence-corrected chi connectivity index (χ2v) is 6.48. The molecule has 1 heterocycles. The number of nitrogens with two attached hydrogens (primary N) is 1. The van der Waals surface area contributed by atoms with Crippen molar-refractivity contribution in [2.24, 2.45) is 15.8 Å². The first-order valence-corrected chi connectivity index (χ1v) is 8.92. The van der Waals surface area contributed by atoms with Crippen molar-refractivity contribution in [1.29, 1.82) is 0 Å². The number of nitrogens with one attached hydrogen (secondary N) is 1. The maximum Gasteiger partial charge on any atom is 0.211 e. The minimum absolute atomic E-state index is 0.359. The molecule has 0 saturated carbocycles. The molecule has 0 fully saturated rings. The molecule has 7 heteroatoms. The predicted octanol–water partition coefficient (Wildman–Crippen LogP) is 3.65. The lowest BCUT2D eigenvalue weighted by Crippen LogP contribution is -2.30. The van der Waals surface area contributed by atoms with Crippen LogP contribution >= 0.6 is 11.6 Å². The van der Waals surface area contributed by atoms with Gasteiger partial charge in [-0.15, -0.1) is 0 Å². The number of hydrogen-bond acceptors (Lipinski definition) is 3. The van der Waals surface area contributed by atoms with Crippen LogP contribution in [0.15, 0.2) is 58.8 Å². The first kappa shape index (κ1) is 18.8. The van der Waals surface area contributed by atoms with E-state index in [0.717, 1.165) is 39.2 Å². The number of benzene rings is 2.